The minimum atomic E-state index is -0.127. The number of nitrogens with zero attached hydrogens (tertiary/aromatic N) is 1. The molecular formula is C21H35NO2. The van der Waals surface area contributed by atoms with Gasteiger partial charge in [-0.3, -0.25) is 10.1 Å². The predicted octanol–water partition coefficient (Wildman–Crippen LogP) is 7.31. The lowest BCUT2D eigenvalue weighted by molar-refractivity contribution is -0.386. The van der Waals surface area contributed by atoms with E-state index in [0.717, 1.165) is 49.7 Å². The van der Waals surface area contributed by atoms with Crippen molar-refractivity contribution in [2.75, 3.05) is 0 Å². The zero-order valence-electron chi connectivity index (χ0n) is 16.4. The second-order valence-electron chi connectivity index (χ2n) is 6.85. The molecule has 1 aromatic carbocycles. The number of nitro groups is 1. The average Bonchev–Trinajstić information content (AvgIpc) is 2.58. The first-order valence-corrected chi connectivity index (χ1v) is 9.80. The van der Waals surface area contributed by atoms with Crippen molar-refractivity contribution in [1.29, 1.82) is 0 Å². The van der Waals surface area contributed by atoms with Crippen molar-refractivity contribution in [3.8, 4) is 0 Å². The summed E-state index contributed by atoms with van der Waals surface area (Å²) in [7, 11) is 0. The SMILES string of the molecule is CCC(CC)c1cc(C(CC)CC)c([N+](=O)[O-])c(C(CC)CC)c1. The molecule has 1 rings (SSSR count). The Morgan fingerprint density at radius 2 is 1.08 bits per heavy atom. The molecule has 0 aliphatic rings. The lowest BCUT2D eigenvalue weighted by atomic mass is 9.81. The molecule has 0 bridgehead atoms. The van der Waals surface area contributed by atoms with E-state index in [2.05, 4.69) is 53.7 Å². The molecule has 136 valence electrons. The van der Waals surface area contributed by atoms with Gasteiger partial charge in [-0.2, -0.15) is 0 Å². The Hall–Kier alpha value is -1.38. The monoisotopic (exact) mass is 333 g/mol. The minimum absolute atomic E-state index is 0.127. The molecule has 3 nitrogen and oxygen atoms in total. The standard InChI is InChI=1S/C21H35NO2/c1-7-15(8-2)18-13-19(16(9-3)10-4)21(22(23)24)20(14-18)17(11-5)12-6/h13-17H,7-12H2,1-6H3. The van der Waals surface area contributed by atoms with Crippen molar-refractivity contribution >= 4 is 5.69 Å². The Balaban J connectivity index is 3.72. The highest BCUT2D eigenvalue weighted by Gasteiger charge is 2.29. The lowest BCUT2D eigenvalue weighted by Gasteiger charge is -2.23. The third-order valence-corrected chi connectivity index (χ3v) is 5.68. The van der Waals surface area contributed by atoms with Crippen LogP contribution in [0, 0.1) is 10.1 Å². The van der Waals surface area contributed by atoms with Gasteiger partial charge in [0.25, 0.3) is 5.69 Å². The molecule has 0 spiro atoms. The summed E-state index contributed by atoms with van der Waals surface area (Å²) in [5.41, 5.74) is 3.63. The Morgan fingerprint density at radius 1 is 0.750 bits per heavy atom. The van der Waals surface area contributed by atoms with Crippen LogP contribution in [-0.4, -0.2) is 4.92 Å². The van der Waals surface area contributed by atoms with Gasteiger partial charge in [0.2, 0.25) is 0 Å². The van der Waals surface area contributed by atoms with E-state index in [0.29, 0.717) is 11.6 Å². The quantitative estimate of drug-likeness (QED) is 0.333. The Labute approximate surface area is 148 Å². The maximum absolute atomic E-state index is 11.9. The van der Waals surface area contributed by atoms with E-state index >= 15 is 0 Å². The second kappa shape index (κ2) is 9.80. The van der Waals surface area contributed by atoms with Crippen LogP contribution in [0.5, 0.6) is 0 Å². The van der Waals surface area contributed by atoms with Crippen LogP contribution in [0.15, 0.2) is 12.1 Å². The summed E-state index contributed by atoms with van der Waals surface area (Å²) in [6.45, 7) is 13.0. The van der Waals surface area contributed by atoms with E-state index < -0.39 is 0 Å². The number of hydrogen-bond acceptors (Lipinski definition) is 2. The Bertz CT molecular complexity index is 494. The topological polar surface area (TPSA) is 43.1 Å². The fraction of sp³-hybridized carbons (Fsp3) is 0.714. The highest BCUT2D eigenvalue weighted by atomic mass is 16.6. The third-order valence-electron chi connectivity index (χ3n) is 5.68. The summed E-state index contributed by atoms with van der Waals surface area (Å²) in [5.74, 6) is 1.03. The molecule has 1 aromatic rings. The molecule has 0 saturated carbocycles. The average molecular weight is 334 g/mol. The molecular weight excluding hydrogens is 298 g/mol. The van der Waals surface area contributed by atoms with Gasteiger partial charge in [-0.05, 0) is 74.0 Å². The van der Waals surface area contributed by atoms with Crippen LogP contribution >= 0.6 is 0 Å². The smallest absolute Gasteiger partial charge is 0.258 e. The predicted molar refractivity (Wildman–Crippen MR) is 103 cm³/mol. The normalized spacial score (nSPS) is 11.7. The van der Waals surface area contributed by atoms with Crippen LogP contribution in [0.4, 0.5) is 5.69 Å². The molecule has 0 atom stereocenters. The second-order valence-corrected chi connectivity index (χ2v) is 6.85. The first-order valence-electron chi connectivity index (χ1n) is 9.80. The van der Waals surface area contributed by atoms with Crippen molar-refractivity contribution in [3.63, 3.8) is 0 Å². The largest absolute Gasteiger partial charge is 0.276 e. The Morgan fingerprint density at radius 3 is 1.33 bits per heavy atom. The maximum atomic E-state index is 11.9. The van der Waals surface area contributed by atoms with Crippen molar-refractivity contribution in [1.82, 2.24) is 0 Å². The number of hydrogen-bond donors (Lipinski definition) is 0. The summed E-state index contributed by atoms with van der Waals surface area (Å²) in [4.78, 5) is 11.8. The van der Waals surface area contributed by atoms with E-state index in [1.54, 1.807) is 0 Å². The van der Waals surface area contributed by atoms with Gasteiger partial charge in [0.05, 0.1) is 4.92 Å². The van der Waals surface area contributed by atoms with Gasteiger partial charge in [0.1, 0.15) is 0 Å². The molecule has 0 aromatic heterocycles. The zero-order valence-corrected chi connectivity index (χ0v) is 16.4. The van der Waals surface area contributed by atoms with Crippen LogP contribution < -0.4 is 0 Å². The summed E-state index contributed by atoms with van der Waals surface area (Å²) >= 11 is 0. The summed E-state index contributed by atoms with van der Waals surface area (Å²) in [6.07, 6.45) is 5.97. The van der Waals surface area contributed by atoms with Gasteiger partial charge in [-0.15, -0.1) is 0 Å². The highest BCUT2D eigenvalue weighted by Crippen LogP contribution is 2.42. The van der Waals surface area contributed by atoms with E-state index in [1.165, 1.54) is 5.56 Å². The van der Waals surface area contributed by atoms with Crippen LogP contribution in [-0.2, 0) is 0 Å². The molecule has 0 unspecified atom stereocenters. The van der Waals surface area contributed by atoms with Crippen molar-refractivity contribution in [3.05, 3.63) is 38.9 Å². The molecule has 0 aliphatic carbocycles. The number of rotatable bonds is 10. The summed E-state index contributed by atoms with van der Waals surface area (Å²) in [6, 6.07) is 4.30. The highest BCUT2D eigenvalue weighted by molar-refractivity contribution is 5.54. The number of benzene rings is 1. The van der Waals surface area contributed by atoms with Gasteiger partial charge >= 0.3 is 0 Å². The van der Waals surface area contributed by atoms with Crippen molar-refractivity contribution < 1.29 is 4.92 Å². The fourth-order valence-corrected chi connectivity index (χ4v) is 3.99. The fourth-order valence-electron chi connectivity index (χ4n) is 3.99. The third kappa shape index (κ3) is 4.37. The first-order chi connectivity index (χ1) is 11.5. The molecule has 3 heteroatoms. The molecule has 0 heterocycles. The lowest BCUT2D eigenvalue weighted by Crippen LogP contribution is -2.10. The van der Waals surface area contributed by atoms with Crippen LogP contribution in [0.3, 0.4) is 0 Å². The number of nitro benzene ring substituents is 1. The summed E-state index contributed by atoms with van der Waals surface area (Å²) in [5, 5.41) is 11.9. The first kappa shape index (κ1) is 20.7. The molecule has 0 radical (unpaired) electrons. The van der Waals surface area contributed by atoms with Crippen molar-refractivity contribution in [2.45, 2.75) is 97.8 Å². The van der Waals surface area contributed by atoms with E-state index in [4.69, 9.17) is 0 Å². The van der Waals surface area contributed by atoms with Crippen molar-refractivity contribution in [2.24, 2.45) is 0 Å². The van der Waals surface area contributed by atoms with E-state index in [1.807, 2.05) is 0 Å². The van der Waals surface area contributed by atoms with Gasteiger partial charge < -0.3 is 0 Å². The van der Waals surface area contributed by atoms with Crippen LogP contribution in [0.1, 0.15) is 115 Å². The molecule has 0 saturated heterocycles. The molecule has 0 aliphatic heterocycles. The van der Waals surface area contributed by atoms with E-state index in [-0.39, 0.29) is 16.8 Å². The molecule has 0 amide bonds. The summed E-state index contributed by atoms with van der Waals surface area (Å²) < 4.78 is 0. The van der Waals surface area contributed by atoms with Crippen LogP contribution in [0.2, 0.25) is 0 Å². The Kier molecular flexibility index (Phi) is 8.44. The van der Waals surface area contributed by atoms with Gasteiger partial charge in [-0.1, -0.05) is 41.5 Å². The molecule has 24 heavy (non-hydrogen) atoms. The minimum Gasteiger partial charge on any atom is -0.258 e. The van der Waals surface area contributed by atoms with Crippen LogP contribution in [0.25, 0.3) is 0 Å². The maximum Gasteiger partial charge on any atom is 0.276 e. The van der Waals surface area contributed by atoms with E-state index in [9.17, 15) is 10.1 Å². The molecule has 0 fully saturated rings. The zero-order chi connectivity index (χ0) is 18.3. The van der Waals surface area contributed by atoms with Gasteiger partial charge in [0.15, 0.2) is 0 Å². The van der Waals surface area contributed by atoms with Gasteiger partial charge in [0, 0.05) is 11.1 Å². The molecule has 0 N–H and O–H groups in total. The van der Waals surface area contributed by atoms with Gasteiger partial charge in [-0.25, -0.2) is 0 Å².